The van der Waals surface area contributed by atoms with Crippen molar-refractivity contribution in [2.45, 2.75) is 23.6 Å². The Morgan fingerprint density at radius 3 is 2.29 bits per heavy atom. The smallest absolute Gasteiger partial charge is 0.416 e. The molecule has 0 radical (unpaired) electrons. The van der Waals surface area contributed by atoms with Crippen molar-refractivity contribution < 1.29 is 27.0 Å². The molecular formula is C25H21F4N3O2S. The molecule has 0 aliphatic rings. The summed E-state index contributed by atoms with van der Waals surface area (Å²) in [7, 11) is 2.97. The van der Waals surface area contributed by atoms with Gasteiger partial charge in [-0.1, -0.05) is 36.0 Å². The van der Waals surface area contributed by atoms with Gasteiger partial charge in [-0.25, -0.2) is 9.37 Å². The molecule has 35 heavy (non-hydrogen) atoms. The molecule has 0 fully saturated rings. The number of fused-ring (bicyclic) bond motifs is 1. The number of aromatic nitrogens is 2. The SMILES string of the molecule is COc1cc2nc(SCc3ccc(F)cc3)n(Cc3cccc(C(F)(F)F)c3)c(=N)c2cc1OC. The molecule has 5 nitrogen and oxygen atoms in total. The minimum atomic E-state index is -4.48. The van der Waals surface area contributed by atoms with E-state index in [2.05, 4.69) is 0 Å². The molecule has 0 spiro atoms. The number of methoxy groups -OCH3 is 2. The zero-order valence-corrected chi connectivity index (χ0v) is 19.6. The number of thioether (sulfide) groups is 1. The van der Waals surface area contributed by atoms with Gasteiger partial charge >= 0.3 is 6.18 Å². The van der Waals surface area contributed by atoms with E-state index in [0.717, 1.165) is 17.7 Å². The third-order valence-corrected chi connectivity index (χ3v) is 6.40. The quantitative estimate of drug-likeness (QED) is 0.190. The van der Waals surface area contributed by atoms with Crippen LogP contribution in [0.15, 0.2) is 65.8 Å². The van der Waals surface area contributed by atoms with E-state index in [-0.39, 0.29) is 17.8 Å². The fourth-order valence-corrected chi connectivity index (χ4v) is 4.53. The monoisotopic (exact) mass is 503 g/mol. The van der Waals surface area contributed by atoms with Gasteiger partial charge in [0.1, 0.15) is 11.3 Å². The summed E-state index contributed by atoms with van der Waals surface area (Å²) in [4.78, 5) is 4.69. The van der Waals surface area contributed by atoms with Crippen molar-refractivity contribution in [1.82, 2.24) is 9.55 Å². The fourth-order valence-electron chi connectivity index (χ4n) is 3.57. The summed E-state index contributed by atoms with van der Waals surface area (Å²) in [6.07, 6.45) is -4.48. The molecule has 0 amide bonds. The number of alkyl halides is 3. The predicted octanol–water partition coefficient (Wildman–Crippen LogP) is 6.03. The Labute approximate surface area is 202 Å². The standard InChI is InChI=1S/C25H21F4N3O2S/c1-33-21-11-19-20(12-22(21)34-2)31-24(35-14-15-6-8-18(26)9-7-15)32(23(19)30)13-16-4-3-5-17(10-16)25(27,28)29/h3-12,30H,13-14H2,1-2H3. The van der Waals surface area contributed by atoms with E-state index in [1.165, 1.54) is 44.2 Å². The second-order valence-electron chi connectivity index (χ2n) is 7.67. The van der Waals surface area contributed by atoms with Gasteiger partial charge in [0, 0.05) is 17.2 Å². The zero-order valence-electron chi connectivity index (χ0n) is 18.8. The van der Waals surface area contributed by atoms with Crippen LogP contribution in [0.1, 0.15) is 16.7 Å². The Kier molecular flexibility index (Phi) is 7.02. The van der Waals surface area contributed by atoms with Gasteiger partial charge in [0.15, 0.2) is 16.7 Å². The molecule has 3 aromatic carbocycles. The molecule has 0 atom stereocenters. The Bertz CT molecular complexity index is 1420. The first-order valence-electron chi connectivity index (χ1n) is 10.4. The van der Waals surface area contributed by atoms with Crippen LogP contribution in [0.25, 0.3) is 10.9 Å². The van der Waals surface area contributed by atoms with Crippen LogP contribution in [0, 0.1) is 11.2 Å². The Morgan fingerprint density at radius 2 is 1.63 bits per heavy atom. The van der Waals surface area contributed by atoms with Crippen LogP contribution in [0.5, 0.6) is 11.5 Å². The molecule has 10 heteroatoms. The third kappa shape index (κ3) is 5.43. The van der Waals surface area contributed by atoms with Gasteiger partial charge in [-0.2, -0.15) is 13.2 Å². The van der Waals surface area contributed by atoms with E-state index in [4.69, 9.17) is 19.9 Å². The topological polar surface area (TPSA) is 60.1 Å². The highest BCUT2D eigenvalue weighted by molar-refractivity contribution is 7.98. The van der Waals surface area contributed by atoms with E-state index in [1.54, 1.807) is 34.9 Å². The number of hydrogen-bond donors (Lipinski definition) is 1. The van der Waals surface area contributed by atoms with Crippen molar-refractivity contribution in [3.05, 3.63) is 88.7 Å². The van der Waals surface area contributed by atoms with Crippen molar-refractivity contribution in [3.8, 4) is 11.5 Å². The Morgan fingerprint density at radius 1 is 0.943 bits per heavy atom. The number of hydrogen-bond acceptors (Lipinski definition) is 5. The number of rotatable bonds is 7. The highest BCUT2D eigenvalue weighted by atomic mass is 32.2. The lowest BCUT2D eigenvalue weighted by molar-refractivity contribution is -0.137. The molecule has 4 aromatic rings. The zero-order chi connectivity index (χ0) is 25.2. The number of benzene rings is 3. The molecule has 0 unspecified atom stereocenters. The highest BCUT2D eigenvalue weighted by Gasteiger charge is 2.30. The summed E-state index contributed by atoms with van der Waals surface area (Å²) in [5.74, 6) is 0.926. The van der Waals surface area contributed by atoms with Crippen molar-refractivity contribution in [3.63, 3.8) is 0 Å². The van der Waals surface area contributed by atoms with E-state index in [1.807, 2.05) is 0 Å². The van der Waals surface area contributed by atoms with Crippen molar-refractivity contribution in [2.75, 3.05) is 14.2 Å². The van der Waals surface area contributed by atoms with Gasteiger partial charge in [0.2, 0.25) is 0 Å². The first-order valence-corrected chi connectivity index (χ1v) is 11.4. The summed E-state index contributed by atoms with van der Waals surface area (Å²) in [5.41, 5.74) is 0.999. The largest absolute Gasteiger partial charge is 0.493 e. The average Bonchev–Trinajstić information content (AvgIpc) is 2.84. The molecule has 0 saturated carbocycles. The molecule has 0 aliphatic heterocycles. The minimum Gasteiger partial charge on any atom is -0.493 e. The molecule has 0 saturated heterocycles. The lowest BCUT2D eigenvalue weighted by Crippen LogP contribution is -2.24. The molecule has 1 N–H and O–H groups in total. The lowest BCUT2D eigenvalue weighted by atomic mass is 10.1. The Hall–Kier alpha value is -3.53. The lowest BCUT2D eigenvalue weighted by Gasteiger charge is -2.17. The summed E-state index contributed by atoms with van der Waals surface area (Å²) in [6.45, 7) is 0.00574. The molecule has 0 aliphatic carbocycles. The van der Waals surface area contributed by atoms with Gasteiger partial charge in [-0.15, -0.1) is 0 Å². The van der Waals surface area contributed by atoms with Crippen molar-refractivity contribution in [1.29, 1.82) is 5.41 Å². The number of nitrogens with zero attached hydrogens (tertiary/aromatic N) is 2. The van der Waals surface area contributed by atoms with Crippen molar-refractivity contribution >= 4 is 22.7 Å². The highest BCUT2D eigenvalue weighted by Crippen LogP contribution is 2.33. The minimum absolute atomic E-state index is 0.00574. The van der Waals surface area contributed by atoms with Crippen LogP contribution < -0.4 is 15.0 Å². The van der Waals surface area contributed by atoms with Gasteiger partial charge < -0.3 is 14.0 Å². The van der Waals surface area contributed by atoms with E-state index < -0.39 is 11.7 Å². The van der Waals surface area contributed by atoms with Crippen LogP contribution in [-0.2, 0) is 18.5 Å². The predicted molar refractivity (Wildman–Crippen MR) is 125 cm³/mol. The normalized spacial score (nSPS) is 11.6. The van der Waals surface area contributed by atoms with Crippen molar-refractivity contribution in [2.24, 2.45) is 0 Å². The van der Waals surface area contributed by atoms with Crippen LogP contribution in [0.2, 0.25) is 0 Å². The van der Waals surface area contributed by atoms with Gasteiger partial charge in [0.05, 0.1) is 31.8 Å². The van der Waals surface area contributed by atoms with E-state index in [9.17, 15) is 17.6 Å². The van der Waals surface area contributed by atoms with Crippen LogP contribution in [-0.4, -0.2) is 23.8 Å². The van der Waals surface area contributed by atoms with E-state index in [0.29, 0.717) is 38.9 Å². The third-order valence-electron chi connectivity index (χ3n) is 5.35. The molecule has 182 valence electrons. The second-order valence-corrected chi connectivity index (χ2v) is 8.61. The number of ether oxygens (including phenoxy) is 2. The summed E-state index contributed by atoms with van der Waals surface area (Å²) in [6, 6.07) is 14.3. The maximum Gasteiger partial charge on any atom is 0.416 e. The maximum absolute atomic E-state index is 13.3. The number of nitrogens with one attached hydrogen (secondary N) is 1. The first kappa shape index (κ1) is 24.6. The average molecular weight is 504 g/mol. The summed E-state index contributed by atoms with van der Waals surface area (Å²) >= 11 is 1.30. The van der Waals surface area contributed by atoms with E-state index >= 15 is 0 Å². The van der Waals surface area contributed by atoms with Crippen LogP contribution >= 0.6 is 11.8 Å². The number of halogens is 4. The summed E-state index contributed by atoms with van der Waals surface area (Å²) < 4.78 is 65.3. The second kappa shape index (κ2) is 9.99. The molecule has 0 bridgehead atoms. The molecule has 1 heterocycles. The van der Waals surface area contributed by atoms with Gasteiger partial charge in [-0.3, -0.25) is 5.41 Å². The first-order chi connectivity index (χ1) is 16.7. The molecule has 1 aromatic heterocycles. The van der Waals surface area contributed by atoms with Gasteiger partial charge in [-0.05, 0) is 41.5 Å². The van der Waals surface area contributed by atoms with Crippen LogP contribution in [0.4, 0.5) is 17.6 Å². The Balaban J connectivity index is 1.82. The maximum atomic E-state index is 13.3. The van der Waals surface area contributed by atoms with Crippen LogP contribution in [0.3, 0.4) is 0 Å². The summed E-state index contributed by atoms with van der Waals surface area (Å²) in [5, 5.41) is 9.74. The fraction of sp³-hybridized carbons (Fsp3) is 0.200. The molecular weight excluding hydrogens is 482 g/mol. The van der Waals surface area contributed by atoms with Gasteiger partial charge in [0.25, 0.3) is 0 Å². The molecule has 4 rings (SSSR count).